The Balaban J connectivity index is 1.85. The van der Waals surface area contributed by atoms with Crippen molar-refractivity contribution in [1.82, 2.24) is 15.6 Å². The van der Waals surface area contributed by atoms with E-state index in [1.165, 1.54) is 6.20 Å². The Morgan fingerprint density at radius 3 is 2.94 bits per heavy atom. The van der Waals surface area contributed by atoms with E-state index in [2.05, 4.69) is 21.0 Å². The number of aromatic nitrogens is 1. The lowest BCUT2D eigenvalue weighted by molar-refractivity contribution is -0.119. The summed E-state index contributed by atoms with van der Waals surface area (Å²) < 4.78 is 0. The molecule has 7 heteroatoms. The minimum absolute atomic E-state index is 0.0198. The third-order valence-electron chi connectivity index (χ3n) is 2.76. The molecule has 1 fully saturated rings. The Bertz CT molecular complexity index is 445. The zero-order valence-electron chi connectivity index (χ0n) is 9.77. The molecule has 2 heterocycles. The number of carbonyl (C=O) groups is 2. The molecule has 1 saturated heterocycles. The van der Waals surface area contributed by atoms with Crippen LogP contribution in [0.5, 0.6) is 0 Å². The molecule has 0 aliphatic carbocycles. The summed E-state index contributed by atoms with van der Waals surface area (Å²) in [4.78, 5) is 26.7. The van der Waals surface area contributed by atoms with Crippen LogP contribution in [0.3, 0.4) is 0 Å². The first-order valence-corrected chi connectivity index (χ1v) is 5.69. The van der Waals surface area contributed by atoms with Gasteiger partial charge in [0.05, 0.1) is 11.9 Å². The number of nitrogen functional groups attached to an aromatic ring is 1. The number of pyridine rings is 1. The fraction of sp³-hybridized carbons (Fsp3) is 0.364. The zero-order chi connectivity index (χ0) is 13.0. The van der Waals surface area contributed by atoms with Crippen LogP contribution in [0.2, 0.25) is 0 Å². The molecule has 7 nitrogen and oxygen atoms in total. The summed E-state index contributed by atoms with van der Waals surface area (Å²) in [7, 11) is 0. The maximum atomic E-state index is 11.7. The van der Waals surface area contributed by atoms with E-state index in [9.17, 15) is 9.59 Å². The van der Waals surface area contributed by atoms with Gasteiger partial charge in [0.25, 0.3) is 5.91 Å². The van der Waals surface area contributed by atoms with Crippen molar-refractivity contribution < 1.29 is 9.59 Å². The van der Waals surface area contributed by atoms with E-state index in [1.54, 1.807) is 12.1 Å². The molecule has 1 unspecified atom stereocenters. The van der Waals surface area contributed by atoms with E-state index < -0.39 is 0 Å². The van der Waals surface area contributed by atoms with Gasteiger partial charge in [-0.25, -0.2) is 4.98 Å². The average molecular weight is 249 g/mol. The van der Waals surface area contributed by atoms with Gasteiger partial charge >= 0.3 is 0 Å². The van der Waals surface area contributed by atoms with E-state index >= 15 is 0 Å². The van der Waals surface area contributed by atoms with Crippen molar-refractivity contribution in [2.45, 2.75) is 18.9 Å². The molecule has 1 aromatic rings. The van der Waals surface area contributed by atoms with Gasteiger partial charge in [-0.3, -0.25) is 15.4 Å². The molecule has 18 heavy (non-hydrogen) atoms. The fourth-order valence-electron chi connectivity index (χ4n) is 1.75. The Kier molecular flexibility index (Phi) is 3.73. The molecule has 0 radical (unpaired) electrons. The van der Waals surface area contributed by atoms with Crippen molar-refractivity contribution in [3.63, 3.8) is 0 Å². The first-order valence-electron chi connectivity index (χ1n) is 5.69. The highest BCUT2D eigenvalue weighted by Gasteiger charge is 2.21. The van der Waals surface area contributed by atoms with Gasteiger partial charge in [0, 0.05) is 19.0 Å². The van der Waals surface area contributed by atoms with Gasteiger partial charge < -0.3 is 16.1 Å². The Morgan fingerprint density at radius 2 is 2.39 bits per heavy atom. The molecule has 0 aromatic carbocycles. The van der Waals surface area contributed by atoms with Gasteiger partial charge in [-0.1, -0.05) is 0 Å². The molecule has 2 rings (SSSR count). The van der Waals surface area contributed by atoms with E-state index in [1.807, 2.05) is 0 Å². The largest absolute Gasteiger partial charge is 0.352 e. The number of hydrazine groups is 1. The fourth-order valence-corrected chi connectivity index (χ4v) is 1.75. The second-order valence-electron chi connectivity index (χ2n) is 4.09. The smallest absolute Gasteiger partial charge is 0.269 e. The molecule has 96 valence electrons. The molecule has 2 amide bonds. The van der Waals surface area contributed by atoms with Gasteiger partial charge in [-0.15, -0.1) is 0 Å². The number of amides is 2. The van der Waals surface area contributed by atoms with Gasteiger partial charge in [0.2, 0.25) is 5.91 Å². The van der Waals surface area contributed by atoms with E-state index in [0.29, 0.717) is 24.3 Å². The predicted molar refractivity (Wildman–Crippen MR) is 65.5 cm³/mol. The Labute approximate surface area is 104 Å². The topological polar surface area (TPSA) is 109 Å². The third-order valence-corrected chi connectivity index (χ3v) is 2.76. The number of nitrogens with two attached hydrogens (primary N) is 1. The first-order chi connectivity index (χ1) is 8.69. The van der Waals surface area contributed by atoms with E-state index in [-0.39, 0.29) is 17.9 Å². The zero-order valence-corrected chi connectivity index (χ0v) is 9.77. The molecule has 0 spiro atoms. The number of hydrogen-bond acceptors (Lipinski definition) is 5. The van der Waals surface area contributed by atoms with Crippen LogP contribution in [0.15, 0.2) is 18.3 Å². The maximum absolute atomic E-state index is 11.7. The second kappa shape index (κ2) is 5.46. The number of rotatable bonds is 4. The van der Waals surface area contributed by atoms with Crippen LogP contribution in [0.25, 0.3) is 0 Å². The van der Waals surface area contributed by atoms with E-state index in [4.69, 9.17) is 5.84 Å². The van der Waals surface area contributed by atoms with Crippen LogP contribution >= 0.6 is 0 Å². The summed E-state index contributed by atoms with van der Waals surface area (Å²) in [5, 5.41) is 5.51. The molecule has 1 atom stereocenters. The highest BCUT2D eigenvalue weighted by Crippen LogP contribution is 2.06. The average Bonchev–Trinajstić information content (AvgIpc) is 2.82. The molecular weight excluding hydrogens is 234 g/mol. The normalized spacial score (nSPS) is 18.3. The van der Waals surface area contributed by atoms with Crippen LogP contribution in [0, 0.1) is 0 Å². The molecule has 1 aromatic heterocycles. The Hall–Kier alpha value is -2.15. The lowest BCUT2D eigenvalue weighted by atomic mass is 10.2. The quantitative estimate of drug-likeness (QED) is 0.420. The third kappa shape index (κ3) is 2.95. The monoisotopic (exact) mass is 249 g/mol. The van der Waals surface area contributed by atoms with Crippen LogP contribution in [-0.4, -0.2) is 29.4 Å². The molecule has 0 bridgehead atoms. The van der Waals surface area contributed by atoms with Gasteiger partial charge in [0.1, 0.15) is 5.69 Å². The predicted octanol–water partition coefficient (Wildman–Crippen LogP) is -0.624. The number of anilines is 1. The summed E-state index contributed by atoms with van der Waals surface area (Å²) in [5.74, 6) is 4.97. The highest BCUT2D eigenvalue weighted by atomic mass is 16.2. The summed E-state index contributed by atoms with van der Waals surface area (Å²) >= 11 is 0. The Morgan fingerprint density at radius 1 is 1.56 bits per heavy atom. The van der Waals surface area contributed by atoms with Gasteiger partial charge in [-0.05, 0) is 18.6 Å². The molecule has 0 saturated carbocycles. The summed E-state index contributed by atoms with van der Waals surface area (Å²) in [5.41, 5.74) is 3.38. The molecule has 5 N–H and O–H groups in total. The van der Waals surface area contributed by atoms with Gasteiger partial charge in [-0.2, -0.15) is 0 Å². The summed E-state index contributed by atoms with van der Waals surface area (Å²) in [6.45, 7) is 0.420. The lowest BCUT2D eigenvalue weighted by Crippen LogP contribution is -2.38. The van der Waals surface area contributed by atoms with Crippen LogP contribution in [0.4, 0.5) is 5.69 Å². The van der Waals surface area contributed by atoms with E-state index in [0.717, 1.165) is 6.42 Å². The van der Waals surface area contributed by atoms with Crippen molar-refractivity contribution in [3.8, 4) is 0 Å². The number of hydrogen-bond donors (Lipinski definition) is 4. The number of nitrogens with zero attached hydrogens (tertiary/aromatic N) is 1. The number of carbonyl (C=O) groups excluding carboxylic acids is 2. The number of nitrogens with one attached hydrogen (secondary N) is 3. The SMILES string of the molecule is NNc1ccc(C(=O)NCC2CCC(=O)N2)nc1. The van der Waals surface area contributed by atoms with Crippen molar-refractivity contribution >= 4 is 17.5 Å². The first kappa shape index (κ1) is 12.3. The standard InChI is InChI=1S/C11H15N5O2/c12-16-8-1-3-9(13-6-8)11(18)14-5-7-2-4-10(17)15-7/h1,3,6-7,16H,2,4-5,12H2,(H,14,18)(H,15,17). The van der Waals surface area contributed by atoms with Crippen LogP contribution < -0.4 is 21.9 Å². The summed E-state index contributed by atoms with van der Waals surface area (Å²) in [6.07, 6.45) is 2.75. The highest BCUT2D eigenvalue weighted by molar-refractivity contribution is 5.92. The second-order valence-corrected chi connectivity index (χ2v) is 4.09. The minimum Gasteiger partial charge on any atom is -0.352 e. The van der Waals surface area contributed by atoms with Crippen LogP contribution in [-0.2, 0) is 4.79 Å². The van der Waals surface area contributed by atoms with Crippen molar-refractivity contribution in [2.75, 3.05) is 12.0 Å². The van der Waals surface area contributed by atoms with Gasteiger partial charge in [0.15, 0.2) is 0 Å². The van der Waals surface area contributed by atoms with Crippen molar-refractivity contribution in [2.24, 2.45) is 5.84 Å². The molecule has 1 aliphatic heterocycles. The van der Waals surface area contributed by atoms with Crippen molar-refractivity contribution in [3.05, 3.63) is 24.0 Å². The van der Waals surface area contributed by atoms with Crippen molar-refractivity contribution in [1.29, 1.82) is 0 Å². The minimum atomic E-state index is -0.264. The summed E-state index contributed by atoms with van der Waals surface area (Å²) in [6, 6.07) is 3.27. The maximum Gasteiger partial charge on any atom is 0.269 e. The molecular formula is C11H15N5O2. The molecule has 1 aliphatic rings. The van der Waals surface area contributed by atoms with Crippen LogP contribution in [0.1, 0.15) is 23.3 Å². The lowest BCUT2D eigenvalue weighted by Gasteiger charge is -2.11.